The second-order valence-corrected chi connectivity index (χ2v) is 7.19. The van der Waals surface area contributed by atoms with E-state index >= 15 is 0 Å². The van der Waals surface area contributed by atoms with E-state index in [4.69, 9.17) is 0 Å². The molecule has 3 aromatic heterocycles. The molecular formula is C23H18F2N6. The first kappa shape index (κ1) is 18.9. The van der Waals surface area contributed by atoms with Gasteiger partial charge in [0.15, 0.2) is 0 Å². The van der Waals surface area contributed by atoms with Crippen LogP contribution in [0.15, 0.2) is 60.7 Å². The summed E-state index contributed by atoms with van der Waals surface area (Å²) < 4.78 is 28.0. The molecule has 2 aromatic carbocycles. The normalized spacial score (nSPS) is 11.2. The number of nitrogens with one attached hydrogen (secondary N) is 3. The summed E-state index contributed by atoms with van der Waals surface area (Å²) in [7, 11) is 0. The topological polar surface area (TPSA) is 82.3 Å². The Labute approximate surface area is 176 Å². The fourth-order valence-corrected chi connectivity index (χ4v) is 3.48. The molecule has 0 bridgehead atoms. The molecular weight excluding hydrogens is 398 g/mol. The maximum Gasteiger partial charge on any atom is 0.216 e. The molecule has 154 valence electrons. The van der Waals surface area contributed by atoms with Gasteiger partial charge in [-0.05, 0) is 37.3 Å². The molecule has 3 N–H and O–H groups in total. The number of hydrogen-bond acceptors (Lipinski definition) is 4. The number of halogens is 2. The highest BCUT2D eigenvalue weighted by Crippen LogP contribution is 2.32. The summed E-state index contributed by atoms with van der Waals surface area (Å²) in [6.45, 7) is 2.17. The first-order valence-corrected chi connectivity index (χ1v) is 9.74. The number of pyridine rings is 1. The number of aromatic nitrogens is 5. The fourth-order valence-electron chi connectivity index (χ4n) is 3.48. The predicted octanol–water partition coefficient (Wildman–Crippen LogP) is 5.21. The van der Waals surface area contributed by atoms with Gasteiger partial charge in [0.05, 0.1) is 28.0 Å². The van der Waals surface area contributed by atoms with Gasteiger partial charge in [0.1, 0.15) is 5.82 Å². The van der Waals surface area contributed by atoms with E-state index in [0.29, 0.717) is 45.1 Å². The molecule has 31 heavy (non-hydrogen) atoms. The van der Waals surface area contributed by atoms with Crippen molar-refractivity contribution in [1.29, 1.82) is 0 Å². The van der Waals surface area contributed by atoms with Crippen molar-refractivity contribution in [1.82, 2.24) is 25.1 Å². The summed E-state index contributed by atoms with van der Waals surface area (Å²) >= 11 is 0. The van der Waals surface area contributed by atoms with Gasteiger partial charge in [-0.25, -0.2) is 9.37 Å². The van der Waals surface area contributed by atoms with Crippen molar-refractivity contribution in [2.24, 2.45) is 0 Å². The van der Waals surface area contributed by atoms with Gasteiger partial charge in [-0.2, -0.15) is 9.49 Å². The van der Waals surface area contributed by atoms with E-state index in [1.165, 1.54) is 6.07 Å². The van der Waals surface area contributed by atoms with E-state index in [0.717, 1.165) is 5.69 Å². The number of hydrogen-bond donors (Lipinski definition) is 3. The molecule has 0 radical (unpaired) electrons. The van der Waals surface area contributed by atoms with Gasteiger partial charge in [-0.1, -0.05) is 30.3 Å². The molecule has 0 atom stereocenters. The molecule has 6 nitrogen and oxygen atoms in total. The molecule has 0 aliphatic carbocycles. The van der Waals surface area contributed by atoms with Crippen molar-refractivity contribution < 1.29 is 8.78 Å². The largest absolute Gasteiger partial charge is 0.352 e. The van der Waals surface area contributed by atoms with Crippen LogP contribution in [0.5, 0.6) is 0 Å². The van der Waals surface area contributed by atoms with Crippen LogP contribution in [-0.2, 0) is 6.54 Å². The van der Waals surface area contributed by atoms with Gasteiger partial charge in [-0.15, -0.1) is 0 Å². The van der Waals surface area contributed by atoms with Crippen LogP contribution in [0.1, 0.15) is 11.3 Å². The van der Waals surface area contributed by atoms with E-state index in [1.807, 2.05) is 31.2 Å². The van der Waals surface area contributed by atoms with Gasteiger partial charge in [0, 0.05) is 23.4 Å². The van der Waals surface area contributed by atoms with Crippen molar-refractivity contribution in [3.8, 4) is 22.6 Å². The van der Waals surface area contributed by atoms with Crippen LogP contribution >= 0.6 is 0 Å². The highest BCUT2D eigenvalue weighted by Gasteiger charge is 2.17. The number of benzene rings is 2. The molecule has 0 aliphatic rings. The van der Waals surface area contributed by atoms with E-state index in [2.05, 4.69) is 30.5 Å². The van der Waals surface area contributed by atoms with Gasteiger partial charge in [0.2, 0.25) is 11.9 Å². The van der Waals surface area contributed by atoms with Crippen molar-refractivity contribution in [3.05, 3.63) is 83.7 Å². The summed E-state index contributed by atoms with van der Waals surface area (Å²) in [5.41, 5.74) is 4.62. The van der Waals surface area contributed by atoms with Gasteiger partial charge >= 0.3 is 0 Å². The number of H-pyrrole nitrogens is 2. The maximum atomic E-state index is 14.1. The minimum absolute atomic E-state index is 0.260. The lowest BCUT2D eigenvalue weighted by Crippen LogP contribution is -2.02. The fraction of sp³-hybridized carbons (Fsp3) is 0.0870. The van der Waals surface area contributed by atoms with Crippen LogP contribution in [0.2, 0.25) is 0 Å². The number of aryl methyl sites for hydroxylation is 1. The lowest BCUT2D eigenvalue weighted by molar-refractivity contribution is 0.588. The molecule has 5 aromatic rings. The lowest BCUT2D eigenvalue weighted by atomic mass is 10.1. The molecule has 0 amide bonds. The van der Waals surface area contributed by atoms with Crippen molar-refractivity contribution in [2.45, 2.75) is 13.5 Å². The number of anilines is 1. The summed E-state index contributed by atoms with van der Waals surface area (Å²) in [5, 5.41) is 9.80. The molecule has 5 rings (SSSR count). The number of nitrogens with zero attached hydrogens (tertiary/aromatic N) is 3. The molecule has 3 heterocycles. The predicted molar refractivity (Wildman–Crippen MR) is 115 cm³/mol. The quantitative estimate of drug-likeness (QED) is 0.367. The molecule has 0 aliphatic heterocycles. The monoisotopic (exact) mass is 416 g/mol. The summed E-state index contributed by atoms with van der Waals surface area (Å²) in [6, 6.07) is 17.5. The zero-order valence-electron chi connectivity index (χ0n) is 16.6. The van der Waals surface area contributed by atoms with Crippen LogP contribution in [0.4, 0.5) is 14.7 Å². The van der Waals surface area contributed by atoms with Crippen molar-refractivity contribution in [3.63, 3.8) is 0 Å². The number of fused-ring (bicyclic) bond motifs is 1. The van der Waals surface area contributed by atoms with E-state index in [9.17, 15) is 8.78 Å². The smallest absolute Gasteiger partial charge is 0.216 e. The zero-order chi connectivity index (χ0) is 21.4. The highest BCUT2D eigenvalue weighted by molar-refractivity contribution is 5.87. The van der Waals surface area contributed by atoms with Crippen molar-refractivity contribution in [2.75, 3.05) is 5.32 Å². The van der Waals surface area contributed by atoms with Crippen LogP contribution < -0.4 is 5.32 Å². The first-order valence-electron chi connectivity index (χ1n) is 9.74. The SMILES string of the molecule is Cc1cccc(-c2[nH]c(NCc3ccccc3F)nc2-c2ccc3n[nH]c(F)c3c2)n1. The van der Waals surface area contributed by atoms with E-state index < -0.39 is 5.95 Å². The zero-order valence-corrected chi connectivity index (χ0v) is 16.6. The Balaban J connectivity index is 1.58. The van der Waals surface area contributed by atoms with Gasteiger partial charge < -0.3 is 10.3 Å². The molecule has 0 saturated heterocycles. The second kappa shape index (κ2) is 7.64. The Bertz CT molecular complexity index is 1390. The minimum Gasteiger partial charge on any atom is -0.352 e. The Morgan fingerprint density at radius 2 is 1.84 bits per heavy atom. The van der Waals surface area contributed by atoms with Crippen LogP contribution in [-0.4, -0.2) is 25.1 Å². The molecule has 0 spiro atoms. The average molecular weight is 416 g/mol. The Kier molecular flexibility index (Phi) is 4.66. The van der Waals surface area contributed by atoms with Crippen molar-refractivity contribution >= 4 is 16.9 Å². The van der Waals surface area contributed by atoms with E-state index in [1.54, 1.807) is 30.3 Å². The minimum atomic E-state index is -0.500. The van der Waals surface area contributed by atoms with Gasteiger partial charge in [-0.3, -0.25) is 10.1 Å². The number of aromatic amines is 2. The third-order valence-electron chi connectivity index (χ3n) is 5.03. The molecule has 8 heteroatoms. The molecule has 0 unspecified atom stereocenters. The third-order valence-corrected chi connectivity index (χ3v) is 5.03. The third kappa shape index (κ3) is 3.63. The lowest BCUT2D eigenvalue weighted by Gasteiger charge is -2.04. The summed E-state index contributed by atoms with van der Waals surface area (Å²) in [5.74, 6) is -0.326. The number of rotatable bonds is 5. The standard InChI is InChI=1S/C23H18F2N6/c1-13-5-4-8-19(27-13)21-20(14-9-10-18-16(11-14)22(25)31-30-18)28-23(29-21)26-12-15-6-2-3-7-17(15)24/h2-11H,12H2,1H3,(H,30,31)(H2,26,28,29). The average Bonchev–Trinajstić information content (AvgIpc) is 3.37. The summed E-state index contributed by atoms with van der Waals surface area (Å²) in [6.07, 6.45) is 0. The van der Waals surface area contributed by atoms with Gasteiger partial charge in [0.25, 0.3) is 0 Å². The summed E-state index contributed by atoms with van der Waals surface area (Å²) in [4.78, 5) is 12.5. The first-order chi connectivity index (χ1) is 15.1. The van der Waals surface area contributed by atoms with Crippen LogP contribution in [0.25, 0.3) is 33.5 Å². The Hall–Kier alpha value is -4.07. The maximum absolute atomic E-state index is 14.1. The number of imidazole rings is 1. The second-order valence-electron chi connectivity index (χ2n) is 7.19. The van der Waals surface area contributed by atoms with Crippen LogP contribution in [0, 0.1) is 18.7 Å². The van der Waals surface area contributed by atoms with E-state index in [-0.39, 0.29) is 12.4 Å². The Morgan fingerprint density at radius 1 is 0.968 bits per heavy atom. The molecule has 0 fully saturated rings. The molecule has 0 saturated carbocycles. The Morgan fingerprint density at radius 3 is 2.68 bits per heavy atom. The van der Waals surface area contributed by atoms with Crippen LogP contribution in [0.3, 0.4) is 0 Å². The highest BCUT2D eigenvalue weighted by atomic mass is 19.1.